The molecule has 2 unspecified atom stereocenters. The molecular weight excluding hydrogens is 542 g/mol. The van der Waals surface area contributed by atoms with Gasteiger partial charge < -0.3 is 15.5 Å². The largest absolute Gasteiger partial charge is 0.394 e. The van der Waals surface area contributed by atoms with E-state index in [9.17, 15) is 15.0 Å². The van der Waals surface area contributed by atoms with Gasteiger partial charge in [-0.3, -0.25) is 4.79 Å². The van der Waals surface area contributed by atoms with Gasteiger partial charge >= 0.3 is 0 Å². The summed E-state index contributed by atoms with van der Waals surface area (Å²) in [4.78, 5) is 12.3. The van der Waals surface area contributed by atoms with Gasteiger partial charge in [0, 0.05) is 6.42 Å². The van der Waals surface area contributed by atoms with Crippen molar-refractivity contribution in [1.29, 1.82) is 0 Å². The van der Waals surface area contributed by atoms with Crippen LogP contribution in [0.25, 0.3) is 0 Å². The van der Waals surface area contributed by atoms with Gasteiger partial charge in [0.15, 0.2) is 0 Å². The molecule has 0 spiro atoms. The lowest BCUT2D eigenvalue weighted by Crippen LogP contribution is -2.45. The quantitative estimate of drug-likeness (QED) is 0.0539. The van der Waals surface area contributed by atoms with Crippen LogP contribution in [0.1, 0.15) is 155 Å². The van der Waals surface area contributed by atoms with E-state index in [1.807, 2.05) is 0 Å². The molecule has 0 aromatic heterocycles. The van der Waals surface area contributed by atoms with E-state index in [1.165, 1.54) is 44.9 Å². The lowest BCUT2D eigenvalue weighted by Gasteiger charge is -2.22. The van der Waals surface area contributed by atoms with Crippen LogP contribution in [0.5, 0.6) is 0 Å². The number of amides is 1. The van der Waals surface area contributed by atoms with Gasteiger partial charge in [0.2, 0.25) is 5.91 Å². The zero-order chi connectivity index (χ0) is 32.2. The molecule has 3 N–H and O–H groups in total. The highest BCUT2D eigenvalue weighted by atomic mass is 16.3. The van der Waals surface area contributed by atoms with E-state index in [4.69, 9.17) is 0 Å². The fourth-order valence-electron chi connectivity index (χ4n) is 4.95. The fraction of sp³-hybridized carbons (Fsp3) is 0.675. The molecule has 0 fully saturated rings. The summed E-state index contributed by atoms with van der Waals surface area (Å²) in [5.74, 6) is -0.0628. The molecule has 4 nitrogen and oxygen atoms in total. The van der Waals surface area contributed by atoms with E-state index in [0.29, 0.717) is 12.8 Å². The number of hydrogen-bond donors (Lipinski definition) is 3. The Morgan fingerprint density at radius 3 is 1.50 bits per heavy atom. The van der Waals surface area contributed by atoms with Gasteiger partial charge in [-0.25, -0.2) is 0 Å². The molecule has 2 atom stereocenters. The minimum atomic E-state index is -0.671. The number of unbranched alkanes of at least 4 members (excludes halogenated alkanes) is 12. The highest BCUT2D eigenvalue weighted by molar-refractivity contribution is 5.76. The van der Waals surface area contributed by atoms with Crippen molar-refractivity contribution >= 4 is 5.91 Å². The Bertz CT molecular complexity index is 792. The minimum Gasteiger partial charge on any atom is -0.394 e. The molecule has 0 aromatic rings. The SMILES string of the molecule is CC/C=C\C/C=C\C/C=C\C/C=C\C/C=C\C/C=C\CCCCCCC(=O)NC(CO)C(O)CCCCCCCCCCC. The van der Waals surface area contributed by atoms with E-state index in [1.54, 1.807) is 0 Å². The van der Waals surface area contributed by atoms with E-state index < -0.39 is 12.1 Å². The Kier molecular flexibility index (Phi) is 33.6. The van der Waals surface area contributed by atoms with Crippen molar-refractivity contribution in [2.75, 3.05) is 6.61 Å². The van der Waals surface area contributed by atoms with Crippen LogP contribution in [0.3, 0.4) is 0 Å². The topological polar surface area (TPSA) is 69.6 Å². The highest BCUT2D eigenvalue weighted by Crippen LogP contribution is 2.13. The molecule has 0 radical (unpaired) electrons. The van der Waals surface area contributed by atoms with Crippen molar-refractivity contribution in [3.63, 3.8) is 0 Å². The molecule has 1 amide bonds. The summed E-state index contributed by atoms with van der Waals surface area (Å²) in [5, 5.41) is 22.9. The lowest BCUT2D eigenvalue weighted by molar-refractivity contribution is -0.123. The average Bonchev–Trinajstić information content (AvgIpc) is 3.03. The molecule has 4 heteroatoms. The highest BCUT2D eigenvalue weighted by Gasteiger charge is 2.19. The zero-order valence-electron chi connectivity index (χ0n) is 28.6. The number of nitrogens with one attached hydrogen (secondary N) is 1. The number of carbonyl (C=O) groups is 1. The molecular formula is C40H69NO3. The Hall–Kier alpha value is -2.17. The summed E-state index contributed by atoms with van der Waals surface area (Å²) in [7, 11) is 0. The van der Waals surface area contributed by atoms with E-state index in [-0.39, 0.29) is 12.5 Å². The third-order valence-corrected chi connectivity index (χ3v) is 7.73. The first-order valence-corrected chi connectivity index (χ1v) is 18.1. The maximum absolute atomic E-state index is 12.3. The van der Waals surface area contributed by atoms with Crippen molar-refractivity contribution in [3.8, 4) is 0 Å². The molecule has 0 aliphatic heterocycles. The zero-order valence-corrected chi connectivity index (χ0v) is 28.6. The third kappa shape index (κ3) is 31.3. The Morgan fingerprint density at radius 1 is 0.568 bits per heavy atom. The summed E-state index contributed by atoms with van der Waals surface area (Å²) in [6.07, 6.45) is 49.5. The van der Waals surface area contributed by atoms with Gasteiger partial charge in [-0.05, 0) is 64.2 Å². The Morgan fingerprint density at radius 2 is 1.00 bits per heavy atom. The van der Waals surface area contributed by atoms with Crippen LogP contribution in [0, 0.1) is 0 Å². The molecule has 0 heterocycles. The van der Waals surface area contributed by atoms with E-state index >= 15 is 0 Å². The van der Waals surface area contributed by atoms with Crippen molar-refractivity contribution in [1.82, 2.24) is 5.32 Å². The number of allylic oxidation sites excluding steroid dienone is 12. The Balaban J connectivity index is 3.69. The van der Waals surface area contributed by atoms with Crippen molar-refractivity contribution in [2.24, 2.45) is 0 Å². The van der Waals surface area contributed by atoms with Crippen LogP contribution < -0.4 is 5.32 Å². The summed E-state index contributed by atoms with van der Waals surface area (Å²) in [6, 6.07) is -0.551. The number of hydrogen-bond acceptors (Lipinski definition) is 3. The van der Waals surface area contributed by atoms with E-state index in [0.717, 1.165) is 83.5 Å². The number of carbonyl (C=O) groups excluding carboxylic acids is 1. The second-order valence-corrected chi connectivity index (χ2v) is 11.9. The van der Waals surface area contributed by atoms with Gasteiger partial charge in [0.1, 0.15) is 0 Å². The van der Waals surface area contributed by atoms with Crippen LogP contribution in [0.15, 0.2) is 72.9 Å². The van der Waals surface area contributed by atoms with Gasteiger partial charge in [0.05, 0.1) is 18.8 Å². The van der Waals surface area contributed by atoms with Gasteiger partial charge in [-0.2, -0.15) is 0 Å². The van der Waals surface area contributed by atoms with Crippen LogP contribution >= 0.6 is 0 Å². The average molecular weight is 612 g/mol. The molecule has 252 valence electrons. The van der Waals surface area contributed by atoms with Crippen molar-refractivity contribution in [2.45, 2.75) is 167 Å². The normalized spacial score (nSPS) is 14.0. The predicted molar refractivity (Wildman–Crippen MR) is 193 cm³/mol. The van der Waals surface area contributed by atoms with Crippen LogP contribution in [0.4, 0.5) is 0 Å². The molecule has 0 bridgehead atoms. The molecule has 0 rings (SSSR count). The molecule has 0 aliphatic carbocycles. The molecule has 0 aromatic carbocycles. The smallest absolute Gasteiger partial charge is 0.220 e. The summed E-state index contributed by atoms with van der Waals surface area (Å²) >= 11 is 0. The second kappa shape index (κ2) is 35.3. The number of aliphatic hydroxyl groups excluding tert-OH is 2. The van der Waals surface area contributed by atoms with Crippen molar-refractivity contribution in [3.05, 3.63) is 72.9 Å². The Labute approximate surface area is 272 Å². The van der Waals surface area contributed by atoms with Crippen LogP contribution in [-0.4, -0.2) is 34.9 Å². The van der Waals surface area contributed by atoms with Gasteiger partial charge in [-0.1, -0.05) is 157 Å². The maximum atomic E-state index is 12.3. The first-order chi connectivity index (χ1) is 21.7. The van der Waals surface area contributed by atoms with Gasteiger partial charge in [0.25, 0.3) is 0 Å². The number of aliphatic hydroxyl groups is 2. The predicted octanol–water partition coefficient (Wildman–Crippen LogP) is 10.8. The monoisotopic (exact) mass is 612 g/mol. The first kappa shape index (κ1) is 41.8. The summed E-state index contributed by atoms with van der Waals surface area (Å²) in [5.41, 5.74) is 0. The standard InChI is InChI=1S/C40H69NO3/c1-3-5-7-9-11-13-14-15-16-17-18-19-20-21-22-23-24-25-26-28-30-32-34-36-40(44)41-38(37-42)39(43)35-33-31-29-27-12-10-8-6-4-2/h5,7,11,13,15-16,18-19,21-22,24-25,38-39,42-43H,3-4,6,8-10,12,14,17,20,23,26-37H2,1-2H3,(H,41,44)/b7-5-,13-11-,16-15-,19-18-,22-21-,25-24-. The van der Waals surface area contributed by atoms with Crippen LogP contribution in [-0.2, 0) is 4.79 Å². The van der Waals surface area contributed by atoms with E-state index in [2.05, 4.69) is 92.1 Å². The number of rotatable bonds is 31. The summed E-state index contributed by atoms with van der Waals surface area (Å²) in [6.45, 7) is 4.19. The molecule has 44 heavy (non-hydrogen) atoms. The lowest BCUT2D eigenvalue weighted by atomic mass is 10.0. The minimum absolute atomic E-state index is 0.0628. The third-order valence-electron chi connectivity index (χ3n) is 7.73. The van der Waals surface area contributed by atoms with Crippen molar-refractivity contribution < 1.29 is 15.0 Å². The maximum Gasteiger partial charge on any atom is 0.220 e. The first-order valence-electron chi connectivity index (χ1n) is 18.1. The molecule has 0 aliphatic rings. The second-order valence-electron chi connectivity index (χ2n) is 11.9. The fourth-order valence-corrected chi connectivity index (χ4v) is 4.95. The molecule has 0 saturated carbocycles. The van der Waals surface area contributed by atoms with Gasteiger partial charge in [-0.15, -0.1) is 0 Å². The van der Waals surface area contributed by atoms with Crippen LogP contribution in [0.2, 0.25) is 0 Å². The molecule has 0 saturated heterocycles. The summed E-state index contributed by atoms with van der Waals surface area (Å²) < 4.78 is 0.